The van der Waals surface area contributed by atoms with Crippen LogP contribution in [-0.4, -0.2) is 18.3 Å². The van der Waals surface area contributed by atoms with Crippen LogP contribution in [0.1, 0.15) is 19.3 Å². The highest BCUT2D eigenvalue weighted by atomic mass is 32.1. The Morgan fingerprint density at radius 3 is 2.63 bits per heavy atom. The molecule has 4 N–H and O–H groups in total. The highest BCUT2D eigenvalue weighted by Crippen LogP contribution is 2.22. The summed E-state index contributed by atoms with van der Waals surface area (Å²) in [5.41, 5.74) is 7.49. The van der Waals surface area contributed by atoms with Crippen LogP contribution in [0.15, 0.2) is 66.7 Å². The first kappa shape index (κ1) is 19.0. The molecular formula is C22H25N3OS. The van der Waals surface area contributed by atoms with Crippen molar-refractivity contribution in [3.05, 3.63) is 66.7 Å². The van der Waals surface area contributed by atoms with Crippen LogP contribution in [0.5, 0.6) is 5.75 Å². The number of ether oxygens (including phenoxy) is 1. The first-order valence-corrected chi connectivity index (χ1v) is 9.64. The molecule has 0 fully saturated rings. The average Bonchev–Trinajstić information content (AvgIpc) is 2.67. The molecule has 0 aliphatic heterocycles. The van der Waals surface area contributed by atoms with Crippen molar-refractivity contribution in [1.82, 2.24) is 5.32 Å². The highest BCUT2D eigenvalue weighted by Gasteiger charge is 2.02. The summed E-state index contributed by atoms with van der Waals surface area (Å²) in [6.45, 7) is 1.54. The van der Waals surface area contributed by atoms with Crippen molar-refractivity contribution in [3.63, 3.8) is 0 Å². The monoisotopic (exact) mass is 379 g/mol. The Labute approximate surface area is 165 Å². The van der Waals surface area contributed by atoms with Crippen molar-refractivity contribution in [2.24, 2.45) is 0 Å². The summed E-state index contributed by atoms with van der Waals surface area (Å²) >= 11 is 5.42. The lowest BCUT2D eigenvalue weighted by Crippen LogP contribution is -2.29. The molecule has 0 spiro atoms. The minimum absolute atomic E-state index is 0.655. The van der Waals surface area contributed by atoms with Gasteiger partial charge in [-0.1, -0.05) is 42.5 Å². The van der Waals surface area contributed by atoms with Gasteiger partial charge < -0.3 is 21.1 Å². The zero-order valence-corrected chi connectivity index (χ0v) is 16.1. The van der Waals surface area contributed by atoms with Gasteiger partial charge in [0.2, 0.25) is 0 Å². The van der Waals surface area contributed by atoms with Gasteiger partial charge in [0, 0.05) is 29.4 Å². The van der Waals surface area contributed by atoms with Crippen LogP contribution in [0.3, 0.4) is 0 Å². The van der Waals surface area contributed by atoms with Gasteiger partial charge in [0.1, 0.15) is 5.75 Å². The first-order valence-electron chi connectivity index (χ1n) is 9.23. The van der Waals surface area contributed by atoms with Crippen molar-refractivity contribution in [2.75, 3.05) is 24.2 Å². The number of benzene rings is 3. The molecule has 0 saturated carbocycles. The highest BCUT2D eigenvalue weighted by molar-refractivity contribution is 7.80. The molecule has 4 nitrogen and oxygen atoms in total. The average molecular weight is 380 g/mol. The standard InChI is InChI=1S/C22H25N3OS/c23-18-10-7-11-19(16-18)26-15-5-1-4-14-24-22(27)25-21-13-6-9-17-8-2-3-12-20(17)21/h2-3,6-13,16H,1,4-5,14-15,23H2,(H2,24,25,27). The van der Waals surface area contributed by atoms with Crippen molar-refractivity contribution in [1.29, 1.82) is 0 Å². The van der Waals surface area contributed by atoms with E-state index in [1.165, 1.54) is 10.8 Å². The fraction of sp³-hybridized carbons (Fsp3) is 0.227. The maximum atomic E-state index is 5.74. The molecule has 27 heavy (non-hydrogen) atoms. The van der Waals surface area contributed by atoms with Crippen LogP contribution < -0.4 is 21.1 Å². The number of anilines is 2. The molecule has 0 aromatic heterocycles. The molecule has 0 bridgehead atoms. The molecule has 0 aliphatic carbocycles. The lowest BCUT2D eigenvalue weighted by molar-refractivity contribution is 0.305. The molecule has 3 rings (SSSR count). The SMILES string of the molecule is Nc1cccc(OCCCCCNC(=S)Nc2cccc3ccccc23)c1. The number of thiocarbonyl (C=S) groups is 1. The minimum atomic E-state index is 0.655. The van der Waals surface area contributed by atoms with E-state index in [9.17, 15) is 0 Å². The van der Waals surface area contributed by atoms with Gasteiger partial charge in [-0.25, -0.2) is 0 Å². The molecule has 3 aromatic rings. The Kier molecular flexibility index (Phi) is 6.88. The Morgan fingerprint density at radius 1 is 0.926 bits per heavy atom. The van der Waals surface area contributed by atoms with Crippen LogP contribution in [-0.2, 0) is 0 Å². The van der Waals surface area contributed by atoms with E-state index >= 15 is 0 Å². The van der Waals surface area contributed by atoms with E-state index in [0.717, 1.165) is 42.9 Å². The van der Waals surface area contributed by atoms with E-state index in [4.69, 9.17) is 22.7 Å². The zero-order valence-electron chi connectivity index (χ0n) is 15.3. The third-order valence-electron chi connectivity index (χ3n) is 4.27. The Morgan fingerprint density at radius 2 is 1.74 bits per heavy atom. The summed E-state index contributed by atoms with van der Waals surface area (Å²) < 4.78 is 5.70. The van der Waals surface area contributed by atoms with Crippen molar-refractivity contribution < 1.29 is 4.74 Å². The lowest BCUT2D eigenvalue weighted by atomic mass is 10.1. The van der Waals surface area contributed by atoms with Gasteiger partial charge in [-0.05, 0) is 55.1 Å². The zero-order chi connectivity index (χ0) is 18.9. The van der Waals surface area contributed by atoms with Crippen molar-refractivity contribution in [3.8, 4) is 5.75 Å². The maximum Gasteiger partial charge on any atom is 0.170 e. The number of hydrogen-bond acceptors (Lipinski definition) is 3. The molecule has 3 aromatic carbocycles. The predicted octanol–water partition coefficient (Wildman–Crippen LogP) is 4.96. The van der Waals surface area contributed by atoms with E-state index in [0.29, 0.717) is 11.7 Å². The second-order valence-corrected chi connectivity index (χ2v) is 6.80. The number of nitrogens with one attached hydrogen (secondary N) is 2. The number of rotatable bonds is 8. The largest absolute Gasteiger partial charge is 0.494 e. The quantitative estimate of drug-likeness (QED) is 0.293. The molecule has 0 aliphatic rings. The lowest BCUT2D eigenvalue weighted by Gasteiger charge is -2.12. The van der Waals surface area contributed by atoms with Gasteiger partial charge >= 0.3 is 0 Å². The molecule has 0 radical (unpaired) electrons. The Hall–Kier alpha value is -2.79. The predicted molar refractivity (Wildman–Crippen MR) is 118 cm³/mol. The van der Waals surface area contributed by atoms with Gasteiger partial charge in [0.15, 0.2) is 5.11 Å². The van der Waals surface area contributed by atoms with E-state index in [-0.39, 0.29) is 0 Å². The molecular weight excluding hydrogens is 354 g/mol. The van der Waals surface area contributed by atoms with Gasteiger partial charge in [-0.15, -0.1) is 0 Å². The molecule has 5 heteroatoms. The van der Waals surface area contributed by atoms with Gasteiger partial charge in [0.25, 0.3) is 0 Å². The number of nitrogens with two attached hydrogens (primary N) is 1. The van der Waals surface area contributed by atoms with Crippen LogP contribution in [0.2, 0.25) is 0 Å². The molecule has 0 unspecified atom stereocenters. The fourth-order valence-corrected chi connectivity index (χ4v) is 3.11. The van der Waals surface area contributed by atoms with E-state index in [2.05, 4.69) is 28.8 Å². The number of fused-ring (bicyclic) bond motifs is 1. The van der Waals surface area contributed by atoms with Gasteiger partial charge in [-0.3, -0.25) is 0 Å². The number of nitrogen functional groups attached to an aromatic ring is 1. The molecule has 140 valence electrons. The topological polar surface area (TPSA) is 59.3 Å². The van der Waals surface area contributed by atoms with Crippen LogP contribution in [0.25, 0.3) is 10.8 Å². The van der Waals surface area contributed by atoms with E-state index < -0.39 is 0 Å². The molecule has 0 atom stereocenters. The summed E-state index contributed by atoms with van der Waals surface area (Å²) in [4.78, 5) is 0. The second-order valence-electron chi connectivity index (χ2n) is 6.39. The number of hydrogen-bond donors (Lipinski definition) is 3. The van der Waals surface area contributed by atoms with Crippen LogP contribution in [0.4, 0.5) is 11.4 Å². The normalized spacial score (nSPS) is 10.5. The third-order valence-corrected chi connectivity index (χ3v) is 4.52. The summed E-state index contributed by atoms with van der Waals surface area (Å²) in [7, 11) is 0. The summed E-state index contributed by atoms with van der Waals surface area (Å²) in [6.07, 6.45) is 3.11. The second kappa shape index (κ2) is 9.78. The first-order chi connectivity index (χ1) is 13.2. The van der Waals surface area contributed by atoms with Crippen LogP contribution in [0, 0.1) is 0 Å². The fourth-order valence-electron chi connectivity index (χ4n) is 2.90. The molecule has 0 amide bonds. The molecule has 0 saturated heterocycles. The molecule has 0 heterocycles. The van der Waals surface area contributed by atoms with E-state index in [1.807, 2.05) is 48.5 Å². The summed E-state index contributed by atoms with van der Waals surface area (Å²) in [6, 6.07) is 22.0. The third kappa shape index (κ3) is 5.86. The number of unbranched alkanes of at least 4 members (excludes halogenated alkanes) is 2. The van der Waals surface area contributed by atoms with Crippen molar-refractivity contribution >= 4 is 39.5 Å². The minimum Gasteiger partial charge on any atom is -0.494 e. The summed E-state index contributed by atoms with van der Waals surface area (Å²) in [5, 5.41) is 9.60. The van der Waals surface area contributed by atoms with Crippen molar-refractivity contribution in [2.45, 2.75) is 19.3 Å². The van der Waals surface area contributed by atoms with E-state index in [1.54, 1.807) is 0 Å². The smallest absolute Gasteiger partial charge is 0.170 e. The summed E-state index contributed by atoms with van der Waals surface area (Å²) in [5.74, 6) is 0.827. The van der Waals surface area contributed by atoms with Gasteiger partial charge in [-0.2, -0.15) is 0 Å². The maximum absolute atomic E-state index is 5.74. The van der Waals surface area contributed by atoms with Crippen LogP contribution >= 0.6 is 12.2 Å². The Balaban J connectivity index is 1.33. The Bertz CT molecular complexity index is 892. The van der Waals surface area contributed by atoms with Gasteiger partial charge in [0.05, 0.1) is 6.61 Å².